The van der Waals surface area contributed by atoms with Crippen LogP contribution in [0, 0.1) is 0 Å². The molecule has 5 nitrogen and oxygen atoms in total. The molecular weight excluding hydrogens is 237 g/mol. The van der Waals surface area contributed by atoms with Gasteiger partial charge in [-0.3, -0.25) is 9.69 Å². The van der Waals surface area contributed by atoms with Gasteiger partial charge in [-0.15, -0.1) is 0 Å². The predicted molar refractivity (Wildman–Crippen MR) is 52.0 cm³/mol. The van der Waals surface area contributed by atoms with E-state index in [1.54, 1.807) is 0 Å². The maximum atomic E-state index is 12.4. The lowest BCUT2D eigenvalue weighted by Crippen LogP contribution is -2.29. The fraction of sp³-hybridized carbons (Fsp3) is 0.444. The summed E-state index contributed by atoms with van der Waals surface area (Å²) in [6.45, 7) is 0.174. The molecule has 17 heavy (non-hydrogen) atoms. The Hall–Kier alpha value is -1.70. The number of hydrogen-bond acceptors (Lipinski definition) is 4. The third-order valence-corrected chi connectivity index (χ3v) is 2.37. The Balaban J connectivity index is 2.31. The van der Waals surface area contributed by atoms with Gasteiger partial charge in [-0.2, -0.15) is 13.2 Å². The highest BCUT2D eigenvalue weighted by Crippen LogP contribution is 2.29. The molecule has 2 N–H and O–H groups in total. The van der Waals surface area contributed by atoms with Crippen LogP contribution in [0.15, 0.2) is 12.4 Å². The minimum absolute atomic E-state index is 0.0646. The molecule has 1 saturated heterocycles. The van der Waals surface area contributed by atoms with Gasteiger partial charge in [0.2, 0.25) is 5.91 Å². The van der Waals surface area contributed by atoms with Gasteiger partial charge in [-0.1, -0.05) is 0 Å². The van der Waals surface area contributed by atoms with Crippen LogP contribution in [0.5, 0.6) is 0 Å². The van der Waals surface area contributed by atoms with Crippen molar-refractivity contribution in [1.29, 1.82) is 0 Å². The number of anilines is 1. The molecule has 1 unspecified atom stereocenters. The molecule has 0 aliphatic carbocycles. The van der Waals surface area contributed by atoms with E-state index >= 15 is 0 Å². The molecule has 2 heterocycles. The Labute approximate surface area is 94.4 Å². The van der Waals surface area contributed by atoms with E-state index in [0.717, 1.165) is 17.3 Å². The van der Waals surface area contributed by atoms with Crippen molar-refractivity contribution in [3.63, 3.8) is 0 Å². The molecule has 1 aromatic heterocycles. The fourth-order valence-corrected chi connectivity index (χ4v) is 1.61. The Kier molecular flexibility index (Phi) is 2.74. The van der Waals surface area contributed by atoms with Gasteiger partial charge in [-0.05, 0) is 0 Å². The van der Waals surface area contributed by atoms with Gasteiger partial charge in [0.25, 0.3) is 0 Å². The van der Waals surface area contributed by atoms with Crippen LogP contribution in [0.25, 0.3) is 0 Å². The molecule has 0 aromatic carbocycles. The van der Waals surface area contributed by atoms with Crippen molar-refractivity contribution in [2.24, 2.45) is 5.73 Å². The molecular formula is C9H9F3N4O. The molecule has 1 atom stereocenters. The average molecular weight is 246 g/mol. The molecule has 1 fully saturated rings. The first-order valence-corrected chi connectivity index (χ1v) is 4.83. The van der Waals surface area contributed by atoms with Crippen molar-refractivity contribution in [3.8, 4) is 0 Å². The third kappa shape index (κ3) is 2.36. The molecule has 2 rings (SSSR count). The topological polar surface area (TPSA) is 72.1 Å². The number of nitrogens with zero attached hydrogens (tertiary/aromatic N) is 3. The largest absolute Gasteiger partial charge is 0.433 e. The monoisotopic (exact) mass is 246 g/mol. The first-order chi connectivity index (χ1) is 7.88. The summed E-state index contributed by atoms with van der Waals surface area (Å²) in [6, 6.07) is 0.377. The van der Waals surface area contributed by atoms with Crippen LogP contribution in [0.2, 0.25) is 0 Å². The van der Waals surface area contributed by atoms with Gasteiger partial charge in [0.1, 0.15) is 17.8 Å². The van der Waals surface area contributed by atoms with Crippen LogP contribution in [0.1, 0.15) is 12.1 Å². The van der Waals surface area contributed by atoms with Crippen molar-refractivity contribution in [3.05, 3.63) is 18.1 Å². The zero-order chi connectivity index (χ0) is 12.6. The molecule has 1 aromatic rings. The minimum atomic E-state index is -4.55. The second-order valence-electron chi connectivity index (χ2n) is 3.73. The van der Waals surface area contributed by atoms with Gasteiger partial charge < -0.3 is 5.73 Å². The van der Waals surface area contributed by atoms with E-state index in [1.807, 2.05) is 0 Å². The summed E-state index contributed by atoms with van der Waals surface area (Å²) >= 11 is 0. The first-order valence-electron chi connectivity index (χ1n) is 4.83. The van der Waals surface area contributed by atoms with Crippen LogP contribution in [-0.4, -0.2) is 28.5 Å². The maximum Gasteiger partial charge on any atom is 0.433 e. The highest BCUT2D eigenvalue weighted by molar-refractivity contribution is 5.95. The van der Waals surface area contributed by atoms with Crippen LogP contribution in [-0.2, 0) is 11.0 Å². The van der Waals surface area contributed by atoms with E-state index < -0.39 is 11.9 Å². The molecule has 92 valence electrons. The number of nitrogens with two attached hydrogens (primary N) is 1. The van der Waals surface area contributed by atoms with Crippen LogP contribution in [0.4, 0.5) is 19.0 Å². The summed E-state index contributed by atoms with van der Waals surface area (Å²) in [4.78, 5) is 19.4. The highest BCUT2D eigenvalue weighted by Gasteiger charge is 2.35. The molecule has 0 saturated carbocycles. The Morgan fingerprint density at radius 1 is 1.41 bits per heavy atom. The average Bonchev–Trinajstić information content (AvgIpc) is 2.57. The molecule has 0 radical (unpaired) electrons. The second kappa shape index (κ2) is 3.95. The summed E-state index contributed by atoms with van der Waals surface area (Å²) in [7, 11) is 0. The molecule has 1 aliphatic rings. The fourth-order valence-electron chi connectivity index (χ4n) is 1.61. The van der Waals surface area contributed by atoms with E-state index in [9.17, 15) is 18.0 Å². The standard InChI is InChI=1S/C9H9F3N4O/c10-9(11,12)6-2-7(15-4-14-6)16-3-5(13)1-8(16)17/h2,4-5H,1,3,13H2. The Morgan fingerprint density at radius 3 is 2.65 bits per heavy atom. The number of carbonyl (C=O) groups is 1. The summed E-state index contributed by atoms with van der Waals surface area (Å²) in [5.41, 5.74) is 4.48. The number of carbonyl (C=O) groups excluding carboxylic acids is 1. The van der Waals surface area contributed by atoms with Crippen molar-refractivity contribution in [2.75, 3.05) is 11.4 Å². The van der Waals surface area contributed by atoms with Crippen molar-refractivity contribution in [2.45, 2.75) is 18.6 Å². The molecule has 1 amide bonds. The van der Waals surface area contributed by atoms with Crippen molar-refractivity contribution in [1.82, 2.24) is 9.97 Å². The zero-order valence-corrected chi connectivity index (χ0v) is 8.61. The number of rotatable bonds is 1. The van der Waals surface area contributed by atoms with E-state index in [-0.39, 0.29) is 30.7 Å². The van der Waals surface area contributed by atoms with Crippen LogP contribution < -0.4 is 10.6 Å². The Bertz CT molecular complexity index is 448. The van der Waals surface area contributed by atoms with Gasteiger partial charge in [-0.25, -0.2) is 9.97 Å². The molecule has 8 heteroatoms. The number of aromatic nitrogens is 2. The number of halogens is 3. The predicted octanol–water partition coefficient (Wildman–Crippen LogP) is 0.559. The van der Waals surface area contributed by atoms with E-state index in [2.05, 4.69) is 9.97 Å². The maximum absolute atomic E-state index is 12.4. The van der Waals surface area contributed by atoms with E-state index in [4.69, 9.17) is 5.73 Å². The SMILES string of the molecule is NC1CC(=O)N(c2cc(C(F)(F)F)ncn2)C1. The van der Waals surface area contributed by atoms with Gasteiger partial charge in [0.15, 0.2) is 0 Å². The normalized spacial score (nSPS) is 21.1. The lowest BCUT2D eigenvalue weighted by molar-refractivity contribution is -0.141. The summed E-state index contributed by atoms with van der Waals surface area (Å²) in [5.74, 6) is -0.394. The lowest BCUT2D eigenvalue weighted by Gasteiger charge is -2.15. The molecule has 0 bridgehead atoms. The molecule has 0 spiro atoms. The Morgan fingerprint density at radius 2 is 2.12 bits per heavy atom. The minimum Gasteiger partial charge on any atom is -0.326 e. The molecule has 1 aliphatic heterocycles. The first kappa shape index (κ1) is 11.8. The van der Waals surface area contributed by atoms with Crippen molar-refractivity contribution >= 4 is 11.7 Å². The summed E-state index contributed by atoms with van der Waals surface area (Å²) in [5, 5.41) is 0. The summed E-state index contributed by atoms with van der Waals surface area (Å²) in [6.07, 6.45) is -3.65. The summed E-state index contributed by atoms with van der Waals surface area (Å²) < 4.78 is 37.2. The lowest BCUT2D eigenvalue weighted by atomic mass is 10.3. The van der Waals surface area contributed by atoms with Gasteiger partial charge in [0, 0.05) is 25.1 Å². The second-order valence-corrected chi connectivity index (χ2v) is 3.73. The van der Waals surface area contributed by atoms with E-state index in [1.165, 1.54) is 0 Å². The van der Waals surface area contributed by atoms with Gasteiger partial charge >= 0.3 is 6.18 Å². The van der Waals surface area contributed by atoms with Crippen LogP contribution >= 0.6 is 0 Å². The van der Waals surface area contributed by atoms with E-state index in [0.29, 0.717) is 0 Å². The number of amides is 1. The third-order valence-electron chi connectivity index (χ3n) is 2.37. The van der Waals surface area contributed by atoms with Crippen LogP contribution in [0.3, 0.4) is 0 Å². The van der Waals surface area contributed by atoms with Gasteiger partial charge in [0.05, 0.1) is 0 Å². The zero-order valence-electron chi connectivity index (χ0n) is 8.61. The van der Waals surface area contributed by atoms with Crippen molar-refractivity contribution < 1.29 is 18.0 Å². The number of alkyl halides is 3. The number of hydrogen-bond donors (Lipinski definition) is 1. The smallest absolute Gasteiger partial charge is 0.326 e. The highest BCUT2D eigenvalue weighted by atomic mass is 19.4. The quantitative estimate of drug-likeness (QED) is 0.785.